The van der Waals surface area contributed by atoms with E-state index in [2.05, 4.69) is 18.1 Å². The summed E-state index contributed by atoms with van der Waals surface area (Å²) in [4.78, 5) is 4.23. The van der Waals surface area contributed by atoms with Crippen LogP contribution in [0.4, 0.5) is 5.69 Å². The second-order valence-corrected chi connectivity index (χ2v) is 6.53. The van der Waals surface area contributed by atoms with Crippen molar-refractivity contribution in [3.63, 3.8) is 0 Å². The highest BCUT2D eigenvalue weighted by Crippen LogP contribution is 2.28. The van der Waals surface area contributed by atoms with Crippen molar-refractivity contribution < 1.29 is 14.9 Å². The minimum atomic E-state index is -2.30. The fourth-order valence-corrected chi connectivity index (χ4v) is 3.00. The Labute approximate surface area is 169 Å². The lowest BCUT2D eigenvalue weighted by atomic mass is 10.1. The third kappa shape index (κ3) is 5.39. The Balaban J connectivity index is 0.000000306. The van der Waals surface area contributed by atoms with Crippen LogP contribution in [-0.4, -0.2) is 20.9 Å². The first kappa shape index (κ1) is 21.1. The van der Waals surface area contributed by atoms with Gasteiger partial charge in [-0.15, -0.1) is 0 Å². The number of methoxy groups -OCH3 is 1. The van der Waals surface area contributed by atoms with Crippen molar-refractivity contribution in [3.05, 3.63) is 85.2 Å². The topological polar surface area (TPSA) is 88.3 Å². The molecule has 0 aliphatic carbocycles. The van der Waals surface area contributed by atoms with Gasteiger partial charge in [-0.05, 0) is 46.5 Å². The molecule has 0 spiro atoms. The van der Waals surface area contributed by atoms with E-state index in [1.54, 1.807) is 30.5 Å². The first-order valence-corrected chi connectivity index (χ1v) is 9.40. The van der Waals surface area contributed by atoms with Crippen molar-refractivity contribution in [1.82, 2.24) is 4.98 Å². The number of benzene rings is 2. The fourth-order valence-electron chi connectivity index (χ4n) is 2.46. The first-order valence-electron chi connectivity index (χ1n) is 8.33. The van der Waals surface area contributed by atoms with Gasteiger partial charge in [0, 0.05) is 6.99 Å². The van der Waals surface area contributed by atoms with Gasteiger partial charge < -0.3 is 15.0 Å². The van der Waals surface area contributed by atoms with Crippen LogP contribution in [0.15, 0.2) is 78.8 Å². The van der Waals surface area contributed by atoms with E-state index in [0.29, 0.717) is 11.4 Å². The highest BCUT2D eigenvalue weighted by Gasteiger charge is 2.06. The molecule has 0 saturated carbocycles. The highest BCUT2D eigenvalue weighted by molar-refractivity contribution is 7.79. The summed E-state index contributed by atoms with van der Waals surface area (Å²) in [5, 5.41) is 0. The Morgan fingerprint density at radius 2 is 1.82 bits per heavy atom. The molecule has 0 aliphatic heterocycles. The van der Waals surface area contributed by atoms with Crippen LogP contribution in [0.3, 0.4) is 0 Å². The number of ether oxygens (including phenoxy) is 1. The third-order valence-corrected chi connectivity index (χ3v) is 4.51. The van der Waals surface area contributed by atoms with E-state index in [1.807, 2.05) is 42.5 Å². The van der Waals surface area contributed by atoms with Crippen LogP contribution < -0.4 is 10.5 Å². The van der Waals surface area contributed by atoms with Gasteiger partial charge in [-0.25, -0.2) is 0 Å². The SMILES string of the molecule is C=Cc1cc(N)cnc1C=C.COc1ccc(-c2ccccc2)cc1S(=O)[O-].[HH]. The molecule has 1 heterocycles. The quantitative estimate of drug-likeness (QED) is 0.627. The minimum Gasteiger partial charge on any atom is -0.768 e. The van der Waals surface area contributed by atoms with Crippen LogP contribution in [-0.2, 0) is 11.1 Å². The molecule has 0 amide bonds. The number of nitrogens with two attached hydrogens (primary N) is 1. The van der Waals surface area contributed by atoms with E-state index in [4.69, 9.17) is 10.5 Å². The average Bonchev–Trinajstić information content (AvgIpc) is 2.74. The summed E-state index contributed by atoms with van der Waals surface area (Å²) in [6, 6.07) is 16.5. The molecule has 0 fully saturated rings. The molecule has 3 rings (SSSR count). The van der Waals surface area contributed by atoms with Crippen LogP contribution in [0.25, 0.3) is 23.3 Å². The number of nitrogen functional groups attached to an aromatic ring is 1. The minimum absolute atomic E-state index is 0. The van der Waals surface area contributed by atoms with Gasteiger partial charge in [0.15, 0.2) is 0 Å². The van der Waals surface area contributed by atoms with Crippen molar-refractivity contribution in [1.29, 1.82) is 0 Å². The lowest BCUT2D eigenvalue weighted by Crippen LogP contribution is -1.95. The molecule has 146 valence electrons. The molecule has 1 unspecified atom stereocenters. The Bertz CT molecular complexity index is 995. The van der Waals surface area contributed by atoms with Crippen LogP contribution in [0, 0.1) is 0 Å². The summed E-state index contributed by atoms with van der Waals surface area (Å²) in [5.41, 5.74) is 9.71. The normalized spacial score (nSPS) is 10.9. The summed E-state index contributed by atoms with van der Waals surface area (Å²) in [6.07, 6.45) is 4.99. The summed E-state index contributed by atoms with van der Waals surface area (Å²) in [7, 11) is 1.45. The molecule has 1 atom stereocenters. The van der Waals surface area contributed by atoms with Crippen LogP contribution in [0.1, 0.15) is 12.7 Å². The van der Waals surface area contributed by atoms with Gasteiger partial charge in [0.05, 0.1) is 29.6 Å². The number of aromatic nitrogens is 1. The third-order valence-electron chi connectivity index (χ3n) is 3.83. The standard InChI is InChI=1S/C13H12O3S.C9H10N2.H2/c1-16-12-8-7-11(9-13(12)17(14)15)10-5-3-2-4-6-10;1-3-7-5-8(10)6-11-9(7)4-2;/h2-9H,1H3,(H,14,15);3-6H,1-2,10H2;1H/p-1. The second-order valence-electron chi connectivity index (χ2n) is 5.62. The summed E-state index contributed by atoms with van der Waals surface area (Å²) in [5.74, 6) is 0.359. The second kappa shape index (κ2) is 10.2. The predicted octanol–water partition coefficient (Wildman–Crippen LogP) is 4.80. The Morgan fingerprint density at radius 3 is 2.39 bits per heavy atom. The largest absolute Gasteiger partial charge is 0.768 e. The molecule has 3 aromatic rings. The summed E-state index contributed by atoms with van der Waals surface area (Å²) in [6.45, 7) is 7.26. The average molecular weight is 396 g/mol. The van der Waals surface area contributed by atoms with Crippen LogP contribution in [0.2, 0.25) is 0 Å². The number of anilines is 1. The molecule has 0 aliphatic rings. The molecular weight excluding hydrogens is 372 g/mol. The number of hydrogen-bond acceptors (Lipinski definition) is 5. The highest BCUT2D eigenvalue weighted by atomic mass is 32.2. The zero-order valence-corrected chi connectivity index (χ0v) is 16.3. The van der Waals surface area contributed by atoms with Gasteiger partial charge in [0.25, 0.3) is 0 Å². The van der Waals surface area contributed by atoms with Crippen molar-refractivity contribution in [2.45, 2.75) is 4.90 Å². The van der Waals surface area contributed by atoms with E-state index >= 15 is 0 Å². The van der Waals surface area contributed by atoms with Crippen molar-refractivity contribution in [2.24, 2.45) is 0 Å². The van der Waals surface area contributed by atoms with Crippen molar-refractivity contribution >= 4 is 28.9 Å². The molecule has 2 N–H and O–H groups in total. The van der Waals surface area contributed by atoms with E-state index in [1.165, 1.54) is 7.11 Å². The number of rotatable bonds is 5. The molecule has 5 nitrogen and oxygen atoms in total. The van der Waals surface area contributed by atoms with E-state index in [9.17, 15) is 8.76 Å². The van der Waals surface area contributed by atoms with Gasteiger partial charge in [0.1, 0.15) is 5.75 Å². The molecule has 28 heavy (non-hydrogen) atoms. The molecular formula is C22H23N2O3S-. The lowest BCUT2D eigenvalue weighted by Gasteiger charge is -2.12. The van der Waals surface area contributed by atoms with E-state index in [-0.39, 0.29) is 6.32 Å². The van der Waals surface area contributed by atoms with Gasteiger partial charge in [-0.2, -0.15) is 0 Å². The molecule has 1 aromatic heterocycles. The zero-order valence-electron chi connectivity index (χ0n) is 15.5. The van der Waals surface area contributed by atoms with E-state index < -0.39 is 11.1 Å². The van der Waals surface area contributed by atoms with Gasteiger partial charge >= 0.3 is 0 Å². The maximum absolute atomic E-state index is 11.1. The van der Waals surface area contributed by atoms with Gasteiger partial charge in [-0.1, -0.05) is 55.6 Å². The van der Waals surface area contributed by atoms with Gasteiger partial charge in [0.2, 0.25) is 0 Å². The summed E-state index contributed by atoms with van der Waals surface area (Å²) < 4.78 is 27.2. The van der Waals surface area contributed by atoms with E-state index in [0.717, 1.165) is 22.4 Å². The molecule has 6 heteroatoms. The number of hydrogen-bond donors (Lipinski definition) is 1. The smallest absolute Gasteiger partial charge is 0.133 e. The summed E-state index contributed by atoms with van der Waals surface area (Å²) >= 11 is -2.30. The zero-order chi connectivity index (χ0) is 20.5. The Hall–Kier alpha value is -3.22. The molecule has 0 bridgehead atoms. The molecule has 0 saturated heterocycles. The van der Waals surface area contributed by atoms with Crippen LogP contribution in [0.5, 0.6) is 5.75 Å². The van der Waals surface area contributed by atoms with Crippen LogP contribution >= 0.6 is 0 Å². The Morgan fingerprint density at radius 1 is 1.11 bits per heavy atom. The first-order chi connectivity index (χ1) is 13.5. The van der Waals surface area contributed by atoms with Crippen molar-refractivity contribution in [3.8, 4) is 16.9 Å². The predicted molar refractivity (Wildman–Crippen MR) is 117 cm³/mol. The number of nitrogens with zero attached hydrogens (tertiary/aromatic N) is 1. The molecule has 2 aromatic carbocycles. The maximum atomic E-state index is 11.1. The Kier molecular flexibility index (Phi) is 7.68. The molecule has 0 radical (unpaired) electrons. The van der Waals surface area contributed by atoms with Crippen molar-refractivity contribution in [2.75, 3.05) is 12.8 Å². The lowest BCUT2D eigenvalue weighted by molar-refractivity contribution is 0.401. The number of pyridine rings is 1. The van der Waals surface area contributed by atoms with Gasteiger partial charge in [-0.3, -0.25) is 9.19 Å². The monoisotopic (exact) mass is 395 g/mol. The maximum Gasteiger partial charge on any atom is 0.133 e. The fraction of sp³-hybridized carbons (Fsp3) is 0.0455.